The lowest BCUT2D eigenvalue weighted by molar-refractivity contribution is -0.136. The van der Waals surface area contributed by atoms with Crippen LogP contribution < -0.4 is 4.74 Å². The molecule has 3 nitrogen and oxygen atoms in total. The highest BCUT2D eigenvalue weighted by molar-refractivity contribution is 5.81. The first-order valence-electron chi connectivity index (χ1n) is 6.19. The Morgan fingerprint density at radius 1 is 1.35 bits per heavy atom. The molecule has 1 aromatic rings. The van der Waals surface area contributed by atoms with E-state index in [4.69, 9.17) is 4.74 Å². The van der Waals surface area contributed by atoms with Crippen LogP contribution in [0.4, 0.5) is 0 Å². The van der Waals surface area contributed by atoms with E-state index in [9.17, 15) is 4.79 Å². The molecule has 0 spiro atoms. The SMILES string of the molecule is Cc1cccc(O[C@H](C)C(=O)N2CCCC2)c1. The molecule has 1 aliphatic rings. The van der Waals surface area contributed by atoms with E-state index >= 15 is 0 Å². The van der Waals surface area contributed by atoms with Crippen molar-refractivity contribution in [2.75, 3.05) is 13.1 Å². The molecule has 0 radical (unpaired) electrons. The Morgan fingerprint density at radius 3 is 2.71 bits per heavy atom. The van der Waals surface area contributed by atoms with Crippen molar-refractivity contribution in [1.29, 1.82) is 0 Å². The molecule has 0 unspecified atom stereocenters. The standard InChI is InChI=1S/C14H19NO2/c1-11-6-5-7-13(10-11)17-12(2)14(16)15-8-3-4-9-15/h5-7,10,12H,3-4,8-9H2,1-2H3/t12-/m1/s1. The monoisotopic (exact) mass is 233 g/mol. The van der Waals surface area contributed by atoms with E-state index in [1.54, 1.807) is 0 Å². The molecule has 17 heavy (non-hydrogen) atoms. The van der Waals surface area contributed by atoms with Gasteiger partial charge in [-0.15, -0.1) is 0 Å². The summed E-state index contributed by atoms with van der Waals surface area (Å²) >= 11 is 0. The summed E-state index contributed by atoms with van der Waals surface area (Å²) in [6.45, 7) is 5.59. The molecule has 2 rings (SSSR count). The lowest BCUT2D eigenvalue weighted by Gasteiger charge is -2.21. The highest BCUT2D eigenvalue weighted by atomic mass is 16.5. The summed E-state index contributed by atoms with van der Waals surface area (Å²) in [7, 11) is 0. The Bertz CT molecular complexity index is 397. The molecule has 0 aromatic heterocycles. The first-order chi connectivity index (χ1) is 8.16. The zero-order valence-corrected chi connectivity index (χ0v) is 10.5. The minimum atomic E-state index is -0.394. The second-order valence-electron chi connectivity index (χ2n) is 4.61. The molecular formula is C14H19NO2. The van der Waals surface area contributed by atoms with Crippen LogP contribution in [0.15, 0.2) is 24.3 Å². The molecule has 0 saturated carbocycles. The van der Waals surface area contributed by atoms with Gasteiger partial charge in [0.25, 0.3) is 5.91 Å². The van der Waals surface area contributed by atoms with Crippen molar-refractivity contribution in [2.24, 2.45) is 0 Å². The Balaban J connectivity index is 1.96. The maximum Gasteiger partial charge on any atom is 0.263 e. The number of likely N-dealkylation sites (tertiary alicyclic amines) is 1. The number of benzene rings is 1. The van der Waals surface area contributed by atoms with Crippen LogP contribution in [0.5, 0.6) is 5.75 Å². The van der Waals surface area contributed by atoms with Gasteiger partial charge >= 0.3 is 0 Å². The number of rotatable bonds is 3. The highest BCUT2D eigenvalue weighted by Gasteiger charge is 2.24. The van der Waals surface area contributed by atoms with Gasteiger partial charge in [-0.2, -0.15) is 0 Å². The number of ether oxygens (including phenoxy) is 1. The molecule has 92 valence electrons. The van der Waals surface area contributed by atoms with Crippen molar-refractivity contribution < 1.29 is 9.53 Å². The molecule has 0 aliphatic carbocycles. The van der Waals surface area contributed by atoms with Crippen molar-refractivity contribution in [1.82, 2.24) is 4.90 Å². The minimum absolute atomic E-state index is 0.101. The van der Waals surface area contributed by atoms with Gasteiger partial charge in [0.15, 0.2) is 6.10 Å². The Morgan fingerprint density at radius 2 is 2.06 bits per heavy atom. The fourth-order valence-electron chi connectivity index (χ4n) is 2.14. The van der Waals surface area contributed by atoms with Gasteiger partial charge in [-0.25, -0.2) is 0 Å². The molecule has 1 saturated heterocycles. The zero-order valence-electron chi connectivity index (χ0n) is 10.5. The van der Waals surface area contributed by atoms with Crippen LogP contribution in [-0.4, -0.2) is 30.0 Å². The zero-order chi connectivity index (χ0) is 12.3. The molecule has 0 bridgehead atoms. The van der Waals surface area contributed by atoms with Crippen LogP contribution in [0, 0.1) is 6.92 Å². The van der Waals surface area contributed by atoms with E-state index in [-0.39, 0.29) is 5.91 Å². The summed E-state index contributed by atoms with van der Waals surface area (Å²) in [5, 5.41) is 0. The maximum atomic E-state index is 12.0. The molecule has 1 fully saturated rings. The third-order valence-electron chi connectivity index (χ3n) is 3.07. The van der Waals surface area contributed by atoms with Crippen LogP contribution in [0.2, 0.25) is 0 Å². The van der Waals surface area contributed by atoms with E-state index < -0.39 is 6.10 Å². The van der Waals surface area contributed by atoms with Crippen LogP contribution in [0.3, 0.4) is 0 Å². The van der Waals surface area contributed by atoms with Crippen molar-refractivity contribution in [3.8, 4) is 5.75 Å². The van der Waals surface area contributed by atoms with Crippen molar-refractivity contribution in [3.63, 3.8) is 0 Å². The van der Waals surface area contributed by atoms with Crippen LogP contribution in [0.25, 0.3) is 0 Å². The third-order valence-corrected chi connectivity index (χ3v) is 3.07. The van der Waals surface area contributed by atoms with E-state index in [0.717, 1.165) is 37.2 Å². The number of amides is 1. The first-order valence-corrected chi connectivity index (χ1v) is 6.19. The molecule has 1 heterocycles. The van der Waals surface area contributed by atoms with Gasteiger partial charge in [-0.3, -0.25) is 4.79 Å². The molecule has 1 atom stereocenters. The van der Waals surface area contributed by atoms with Gasteiger partial charge in [0.05, 0.1) is 0 Å². The number of nitrogens with zero attached hydrogens (tertiary/aromatic N) is 1. The largest absolute Gasteiger partial charge is 0.481 e. The minimum Gasteiger partial charge on any atom is -0.481 e. The average molecular weight is 233 g/mol. The second kappa shape index (κ2) is 5.21. The Kier molecular flexibility index (Phi) is 3.67. The normalized spacial score (nSPS) is 16.9. The molecular weight excluding hydrogens is 214 g/mol. The third kappa shape index (κ3) is 2.99. The fraction of sp³-hybridized carbons (Fsp3) is 0.500. The molecule has 0 N–H and O–H groups in total. The number of hydrogen-bond acceptors (Lipinski definition) is 2. The first kappa shape index (κ1) is 12.0. The lowest BCUT2D eigenvalue weighted by atomic mass is 10.2. The topological polar surface area (TPSA) is 29.5 Å². The Hall–Kier alpha value is -1.51. The summed E-state index contributed by atoms with van der Waals surface area (Å²) in [6, 6.07) is 7.80. The number of carbonyl (C=O) groups is 1. The number of carbonyl (C=O) groups excluding carboxylic acids is 1. The van der Waals surface area contributed by atoms with E-state index in [1.807, 2.05) is 43.0 Å². The molecule has 3 heteroatoms. The van der Waals surface area contributed by atoms with E-state index in [0.29, 0.717) is 0 Å². The lowest BCUT2D eigenvalue weighted by Crippen LogP contribution is -2.38. The summed E-state index contributed by atoms with van der Waals surface area (Å²) in [4.78, 5) is 13.9. The molecule has 1 amide bonds. The predicted octanol–water partition coefficient (Wildman–Crippen LogP) is 2.38. The van der Waals surface area contributed by atoms with Crippen LogP contribution in [0.1, 0.15) is 25.3 Å². The number of hydrogen-bond donors (Lipinski definition) is 0. The van der Waals surface area contributed by atoms with Crippen molar-refractivity contribution >= 4 is 5.91 Å². The van der Waals surface area contributed by atoms with Gasteiger partial charge in [-0.05, 0) is 44.4 Å². The fourth-order valence-corrected chi connectivity index (χ4v) is 2.14. The predicted molar refractivity (Wildman–Crippen MR) is 67.1 cm³/mol. The number of aryl methyl sites for hydroxylation is 1. The Labute approximate surface area is 102 Å². The summed E-state index contributed by atoms with van der Waals surface area (Å²) in [6.07, 6.45) is 1.83. The van der Waals surface area contributed by atoms with Crippen LogP contribution >= 0.6 is 0 Å². The smallest absolute Gasteiger partial charge is 0.263 e. The summed E-state index contributed by atoms with van der Waals surface area (Å²) in [5.41, 5.74) is 1.14. The maximum absolute atomic E-state index is 12.0. The van der Waals surface area contributed by atoms with Crippen LogP contribution in [-0.2, 0) is 4.79 Å². The average Bonchev–Trinajstić information content (AvgIpc) is 2.81. The highest BCUT2D eigenvalue weighted by Crippen LogP contribution is 2.16. The molecule has 1 aliphatic heterocycles. The second-order valence-corrected chi connectivity index (χ2v) is 4.61. The van der Waals surface area contributed by atoms with Crippen molar-refractivity contribution in [2.45, 2.75) is 32.8 Å². The quantitative estimate of drug-likeness (QED) is 0.802. The summed E-state index contributed by atoms with van der Waals surface area (Å²) < 4.78 is 5.68. The summed E-state index contributed by atoms with van der Waals surface area (Å²) in [5.74, 6) is 0.869. The van der Waals surface area contributed by atoms with Crippen molar-refractivity contribution in [3.05, 3.63) is 29.8 Å². The van der Waals surface area contributed by atoms with Gasteiger partial charge in [0.2, 0.25) is 0 Å². The van der Waals surface area contributed by atoms with E-state index in [1.165, 1.54) is 0 Å². The molecule has 1 aromatic carbocycles. The van der Waals surface area contributed by atoms with Gasteiger partial charge in [0.1, 0.15) is 5.75 Å². The van der Waals surface area contributed by atoms with E-state index in [2.05, 4.69) is 0 Å². The van der Waals surface area contributed by atoms with Gasteiger partial charge < -0.3 is 9.64 Å². The van der Waals surface area contributed by atoms with Gasteiger partial charge in [-0.1, -0.05) is 12.1 Å². The van der Waals surface area contributed by atoms with Gasteiger partial charge in [0, 0.05) is 13.1 Å².